The second-order valence-corrected chi connectivity index (χ2v) is 17.2. The largest absolute Gasteiger partial charge is 0.462 e. The normalized spacial score (nSPS) is 20.6. The van der Waals surface area contributed by atoms with Crippen LogP contribution in [0.25, 0.3) is 0 Å². The molecule has 0 aromatic carbocycles. The molecule has 62 heavy (non-hydrogen) atoms. The highest BCUT2D eigenvalue weighted by Gasteiger charge is 2.46. The van der Waals surface area contributed by atoms with Crippen molar-refractivity contribution in [3.8, 4) is 0 Å². The fourth-order valence-corrected chi connectivity index (χ4v) is 7.01. The summed E-state index contributed by atoms with van der Waals surface area (Å²) in [7, 11) is -4.62. The van der Waals surface area contributed by atoms with Gasteiger partial charge in [-0.2, -0.15) is 8.42 Å². The van der Waals surface area contributed by atoms with E-state index in [2.05, 4.69) is 98.9 Å². The summed E-state index contributed by atoms with van der Waals surface area (Å²) in [6.45, 7) is 3.61. The lowest BCUT2D eigenvalue weighted by Crippen LogP contribution is -2.60. The van der Waals surface area contributed by atoms with Crippen LogP contribution in [-0.4, -0.2) is 96.0 Å². The maximum atomic E-state index is 12.8. The zero-order valence-corrected chi connectivity index (χ0v) is 38.5. The lowest BCUT2D eigenvalue weighted by atomic mass is 10.00. The molecule has 1 saturated heterocycles. The number of allylic oxidation sites excluding steroid dienone is 14. The summed E-state index contributed by atoms with van der Waals surface area (Å²) in [4.78, 5) is 25.4. The maximum Gasteiger partial charge on any atom is 0.306 e. The predicted molar refractivity (Wildman–Crippen MR) is 247 cm³/mol. The van der Waals surface area contributed by atoms with E-state index in [0.717, 1.165) is 89.9 Å². The van der Waals surface area contributed by atoms with E-state index in [1.807, 2.05) is 0 Å². The van der Waals surface area contributed by atoms with Crippen molar-refractivity contribution in [1.29, 1.82) is 0 Å². The Morgan fingerprint density at radius 2 is 1.00 bits per heavy atom. The van der Waals surface area contributed by atoms with Crippen molar-refractivity contribution in [2.75, 3.05) is 19.0 Å². The average Bonchev–Trinajstić information content (AvgIpc) is 3.24. The number of hydrogen-bond acceptors (Lipinski definition) is 11. The van der Waals surface area contributed by atoms with Crippen LogP contribution in [0.1, 0.15) is 155 Å². The Bertz CT molecular complexity index is 1460. The Morgan fingerprint density at radius 1 is 0.548 bits per heavy atom. The highest BCUT2D eigenvalue weighted by molar-refractivity contribution is 7.85. The second-order valence-electron chi connectivity index (χ2n) is 15.7. The zero-order chi connectivity index (χ0) is 45.5. The van der Waals surface area contributed by atoms with Crippen LogP contribution in [0.3, 0.4) is 0 Å². The van der Waals surface area contributed by atoms with Crippen molar-refractivity contribution in [3.05, 3.63) is 85.1 Å². The van der Waals surface area contributed by atoms with Crippen LogP contribution in [0.15, 0.2) is 85.1 Å². The summed E-state index contributed by atoms with van der Waals surface area (Å²) < 4.78 is 54.0. The smallest absolute Gasteiger partial charge is 0.306 e. The molecule has 2 unspecified atom stereocenters. The molecule has 0 saturated carbocycles. The van der Waals surface area contributed by atoms with Crippen molar-refractivity contribution in [3.63, 3.8) is 0 Å². The van der Waals surface area contributed by atoms with E-state index >= 15 is 0 Å². The third kappa shape index (κ3) is 32.5. The summed E-state index contributed by atoms with van der Waals surface area (Å²) in [5.41, 5.74) is 0. The van der Waals surface area contributed by atoms with Crippen molar-refractivity contribution in [1.82, 2.24) is 0 Å². The van der Waals surface area contributed by atoms with Crippen molar-refractivity contribution in [2.45, 2.75) is 192 Å². The first-order valence-corrected chi connectivity index (χ1v) is 24.8. The van der Waals surface area contributed by atoms with Gasteiger partial charge in [0.1, 0.15) is 36.8 Å². The van der Waals surface area contributed by atoms with E-state index in [4.69, 9.17) is 18.9 Å². The Hall–Kier alpha value is -3.17. The molecule has 1 aliphatic heterocycles. The van der Waals surface area contributed by atoms with Gasteiger partial charge in [-0.15, -0.1) is 0 Å². The Labute approximate surface area is 373 Å². The molecule has 354 valence electrons. The van der Waals surface area contributed by atoms with E-state index < -0.39 is 71.2 Å². The maximum absolute atomic E-state index is 12.8. The first-order valence-electron chi connectivity index (χ1n) is 23.1. The molecule has 13 heteroatoms. The van der Waals surface area contributed by atoms with Gasteiger partial charge in [0.2, 0.25) is 0 Å². The summed E-state index contributed by atoms with van der Waals surface area (Å²) >= 11 is 0. The molecule has 12 nitrogen and oxygen atoms in total. The molecule has 6 atom stereocenters. The Kier molecular flexibility index (Phi) is 35.1. The van der Waals surface area contributed by atoms with E-state index in [-0.39, 0.29) is 19.4 Å². The molecule has 0 aromatic rings. The molecule has 0 spiro atoms. The van der Waals surface area contributed by atoms with Crippen LogP contribution in [0.2, 0.25) is 0 Å². The molecule has 1 fully saturated rings. The lowest BCUT2D eigenvalue weighted by Gasteiger charge is -2.40. The van der Waals surface area contributed by atoms with Crippen molar-refractivity contribution >= 4 is 22.1 Å². The third-order valence-electron chi connectivity index (χ3n) is 9.93. The molecule has 0 bridgehead atoms. The number of ether oxygens (including phenoxy) is 4. The van der Waals surface area contributed by atoms with Gasteiger partial charge in [-0.3, -0.25) is 14.1 Å². The van der Waals surface area contributed by atoms with Crippen molar-refractivity contribution in [2.24, 2.45) is 0 Å². The number of aliphatic hydroxyl groups excluding tert-OH is 3. The molecule has 1 rings (SSSR count). The molecule has 1 heterocycles. The van der Waals surface area contributed by atoms with Crippen LogP contribution in [0.4, 0.5) is 0 Å². The van der Waals surface area contributed by atoms with Crippen LogP contribution >= 0.6 is 0 Å². The Balaban J connectivity index is 2.49. The third-order valence-corrected chi connectivity index (χ3v) is 10.7. The topological polar surface area (TPSA) is 186 Å². The SMILES string of the molecule is CCC/C=C/C/C=C/C/C=C/C/C=C/CCCCCC(=O)O[C@H](COC(=O)CCCCCC/C=C/C/C=C/C/C=C/CCCCC)CO[C@H]1O[C@H](CS(=O)(=O)O)[C@@H](O)C(O)C1O. The van der Waals surface area contributed by atoms with Crippen LogP contribution < -0.4 is 0 Å². The highest BCUT2D eigenvalue weighted by atomic mass is 32.2. The van der Waals surface area contributed by atoms with E-state index in [0.29, 0.717) is 12.8 Å². The van der Waals surface area contributed by atoms with E-state index in [9.17, 15) is 37.9 Å². The van der Waals surface area contributed by atoms with Gasteiger partial charge < -0.3 is 34.3 Å². The van der Waals surface area contributed by atoms with Gasteiger partial charge in [-0.1, -0.05) is 137 Å². The minimum absolute atomic E-state index is 0.117. The number of esters is 2. The number of carbonyl (C=O) groups excluding carboxylic acids is 2. The zero-order valence-electron chi connectivity index (χ0n) is 37.7. The fourth-order valence-electron chi connectivity index (χ4n) is 6.32. The molecule has 0 amide bonds. The van der Waals surface area contributed by atoms with E-state index in [1.165, 1.54) is 25.7 Å². The molecule has 0 radical (unpaired) electrons. The summed E-state index contributed by atoms with van der Waals surface area (Å²) in [5.74, 6) is -2.07. The van der Waals surface area contributed by atoms with Crippen molar-refractivity contribution < 1.29 is 56.8 Å². The fraction of sp³-hybridized carbons (Fsp3) is 0.673. The predicted octanol–water partition coefficient (Wildman–Crippen LogP) is 9.67. The molecule has 1 aliphatic rings. The van der Waals surface area contributed by atoms with E-state index in [1.54, 1.807) is 0 Å². The molecular formula is C49H80O12S. The minimum atomic E-state index is -4.62. The minimum Gasteiger partial charge on any atom is -0.462 e. The molecule has 0 aromatic heterocycles. The monoisotopic (exact) mass is 893 g/mol. The number of carbonyl (C=O) groups is 2. The van der Waals surface area contributed by atoms with Gasteiger partial charge in [-0.05, 0) is 89.9 Å². The average molecular weight is 893 g/mol. The Morgan fingerprint density at radius 3 is 1.50 bits per heavy atom. The highest BCUT2D eigenvalue weighted by Crippen LogP contribution is 2.24. The molecular weight excluding hydrogens is 813 g/mol. The number of hydrogen-bond donors (Lipinski definition) is 4. The summed E-state index contributed by atoms with van der Waals surface area (Å²) in [5, 5.41) is 30.9. The van der Waals surface area contributed by atoms with Gasteiger partial charge in [0.25, 0.3) is 10.1 Å². The number of unbranched alkanes of at least 4 members (excludes halogenated alkanes) is 11. The second kappa shape index (κ2) is 38.3. The van der Waals surface area contributed by atoms with Gasteiger partial charge in [0.05, 0.1) is 6.61 Å². The quantitative estimate of drug-likeness (QED) is 0.0201. The number of rotatable bonds is 37. The van der Waals surface area contributed by atoms with Crippen LogP contribution in [0, 0.1) is 0 Å². The van der Waals surface area contributed by atoms with Gasteiger partial charge in [0.15, 0.2) is 12.4 Å². The summed E-state index contributed by atoms with van der Waals surface area (Å²) in [6, 6.07) is 0. The van der Waals surface area contributed by atoms with Gasteiger partial charge >= 0.3 is 11.9 Å². The van der Waals surface area contributed by atoms with Crippen LogP contribution in [-0.2, 0) is 38.7 Å². The molecule has 4 N–H and O–H groups in total. The first-order chi connectivity index (χ1) is 30.0. The number of aliphatic hydroxyl groups is 3. The first kappa shape index (κ1) is 56.8. The molecule has 0 aliphatic carbocycles. The van der Waals surface area contributed by atoms with Gasteiger partial charge in [0, 0.05) is 12.8 Å². The summed E-state index contributed by atoms with van der Waals surface area (Å²) in [6.07, 6.45) is 40.5. The van der Waals surface area contributed by atoms with Crippen LogP contribution in [0.5, 0.6) is 0 Å². The standard InChI is InChI=1S/C49H80O12S/c1-3-5-7-9-11-13-15-17-19-21-23-25-27-29-31-33-35-37-44(50)58-39-42(40-59-49-48(54)47(53)46(52)43(61-49)41-62(55,56)57)60-45(51)38-36-34-32-30-28-26-24-22-20-18-16-14-12-10-8-6-4-2/h8,10-11,13-14,16-17,19-20,22-23,25-26,28,42-43,46-49,52-54H,3-7,9,12,15,18,21,24,27,29-41H2,1-2H3,(H,55,56,57)/b10-8+,13-11+,16-14+,19-17+,22-20+,25-23+,28-26+/t42-,43-,46-,47?,48?,49+/m1/s1. The van der Waals surface area contributed by atoms with Gasteiger partial charge in [-0.25, -0.2) is 0 Å². The lowest BCUT2D eigenvalue weighted by molar-refractivity contribution is -0.297.